The number of anilines is 1. The molecule has 0 aliphatic heterocycles. The fraction of sp³-hybridized carbons (Fsp3) is 0.429. The zero-order valence-corrected chi connectivity index (χ0v) is 24.5. The van der Waals surface area contributed by atoms with Gasteiger partial charge in [-0.25, -0.2) is 9.78 Å². The molecule has 10 heteroatoms. The van der Waals surface area contributed by atoms with Gasteiger partial charge in [-0.2, -0.15) is 0 Å². The van der Waals surface area contributed by atoms with Crippen LogP contribution < -0.4 is 10.5 Å². The van der Waals surface area contributed by atoms with Crippen molar-refractivity contribution in [1.82, 2.24) is 9.55 Å². The highest BCUT2D eigenvalue weighted by Crippen LogP contribution is 2.37. The number of aromatic nitrogens is 2. The highest BCUT2D eigenvalue weighted by atomic mass is 79.9. The number of fused-ring (bicyclic) bond motifs is 1. The third-order valence-corrected chi connectivity index (χ3v) is 8.06. The Morgan fingerprint density at radius 2 is 1.84 bits per heavy atom. The normalized spacial score (nSPS) is 18.4. The molecule has 0 radical (unpaired) electrons. The van der Waals surface area contributed by atoms with E-state index in [1.165, 1.54) is 11.6 Å². The van der Waals surface area contributed by atoms with Gasteiger partial charge >= 0.3 is 5.97 Å². The summed E-state index contributed by atoms with van der Waals surface area (Å²) in [6, 6.07) is 11.8. The Labute approximate surface area is 235 Å². The predicted octanol–water partition coefficient (Wildman–Crippen LogP) is 6.26. The molecule has 4 rings (SSSR count). The van der Waals surface area contributed by atoms with E-state index < -0.39 is 17.1 Å². The number of aromatic carboxylic acids is 1. The summed E-state index contributed by atoms with van der Waals surface area (Å²) in [6.45, 7) is 5.91. The van der Waals surface area contributed by atoms with Gasteiger partial charge in [-0.3, -0.25) is 4.79 Å². The molecule has 1 aliphatic rings. The number of hydrogen-bond acceptors (Lipinski definition) is 6. The van der Waals surface area contributed by atoms with E-state index in [9.17, 15) is 14.7 Å². The van der Waals surface area contributed by atoms with Gasteiger partial charge in [-0.05, 0) is 74.0 Å². The van der Waals surface area contributed by atoms with Gasteiger partial charge in [0, 0.05) is 26.1 Å². The Hall–Kier alpha value is -2.91. The molecule has 0 atom stereocenters. The molecule has 0 amide bonds. The van der Waals surface area contributed by atoms with Gasteiger partial charge in [0.2, 0.25) is 0 Å². The number of carboxylic acid groups (broad SMARTS) is 1. The van der Waals surface area contributed by atoms with Crippen LogP contribution in [0.1, 0.15) is 62.4 Å². The van der Waals surface area contributed by atoms with Crippen LogP contribution in [0, 0.1) is 5.92 Å². The molecule has 0 unspecified atom stereocenters. The first kappa shape index (κ1) is 28.1. The Kier molecular flexibility index (Phi) is 8.18. The number of rotatable bonds is 6. The second kappa shape index (κ2) is 11.1. The monoisotopic (exact) mass is 602 g/mol. The first-order chi connectivity index (χ1) is 17.9. The molecule has 8 nitrogen and oxygen atoms in total. The zero-order valence-electron chi connectivity index (χ0n) is 22.2. The zero-order chi connectivity index (χ0) is 27.8. The first-order valence-electron chi connectivity index (χ1n) is 12.6. The van der Waals surface area contributed by atoms with Gasteiger partial charge in [0.25, 0.3) is 5.56 Å². The molecule has 1 fully saturated rings. The number of nitrogens with zero attached hydrogens (tertiary/aromatic N) is 4. The van der Waals surface area contributed by atoms with E-state index in [0.717, 1.165) is 37.0 Å². The molecule has 3 aromatic rings. The highest BCUT2D eigenvalue weighted by molar-refractivity contribution is 9.10. The number of aryl methyl sites for hydroxylation is 1. The number of carbonyl (C=O) groups is 1. The van der Waals surface area contributed by atoms with E-state index in [2.05, 4.69) is 26.1 Å². The topological polar surface area (TPSA) is 97.0 Å². The summed E-state index contributed by atoms with van der Waals surface area (Å²) in [7, 11) is 3.37. The third-order valence-electron chi connectivity index (χ3n) is 6.94. The van der Waals surface area contributed by atoms with E-state index in [1.54, 1.807) is 6.07 Å². The van der Waals surface area contributed by atoms with Crippen LogP contribution in [0.2, 0.25) is 5.15 Å². The lowest BCUT2D eigenvalue weighted by atomic mass is 9.80. The van der Waals surface area contributed by atoms with Crippen molar-refractivity contribution < 1.29 is 14.7 Å². The lowest BCUT2D eigenvalue weighted by molar-refractivity contribution is -0.0000345. The molecule has 0 bridgehead atoms. The van der Waals surface area contributed by atoms with E-state index in [0.29, 0.717) is 21.2 Å². The van der Waals surface area contributed by atoms with Gasteiger partial charge < -0.3 is 19.4 Å². The average Bonchev–Trinajstić information content (AvgIpc) is 2.87. The fourth-order valence-electron chi connectivity index (χ4n) is 5.00. The minimum atomic E-state index is -1.29. The maximum atomic E-state index is 13.1. The molecule has 1 N–H and O–H groups in total. The van der Waals surface area contributed by atoms with E-state index in [1.807, 2.05) is 63.1 Å². The molecule has 1 aliphatic carbocycles. The van der Waals surface area contributed by atoms with Crippen molar-refractivity contribution >= 4 is 55.9 Å². The SMILES string of the molecule is Cn1c(=O)c(C(=O)O)c(N(C)[C@H]2CC[C@@H](/C(=N/OC(C)(C)C)c3ccccc3)CC2)c2nc(Cl)c(Br)cc21. The molecule has 0 saturated heterocycles. The van der Waals surface area contributed by atoms with Gasteiger partial charge in [-0.1, -0.05) is 47.1 Å². The van der Waals surface area contributed by atoms with Gasteiger partial charge in [0.05, 0.1) is 21.4 Å². The molecular weight excluding hydrogens is 572 g/mol. The van der Waals surface area contributed by atoms with Crippen LogP contribution >= 0.6 is 27.5 Å². The molecule has 38 heavy (non-hydrogen) atoms. The van der Waals surface area contributed by atoms with Crippen molar-refractivity contribution in [3.63, 3.8) is 0 Å². The molecule has 2 heterocycles. The predicted molar refractivity (Wildman–Crippen MR) is 155 cm³/mol. The minimum Gasteiger partial charge on any atom is -0.477 e. The van der Waals surface area contributed by atoms with E-state index >= 15 is 0 Å². The molecular formula is C28H32BrClN4O4. The average molecular weight is 604 g/mol. The molecule has 1 saturated carbocycles. The van der Waals surface area contributed by atoms with Crippen LogP contribution in [-0.2, 0) is 11.9 Å². The summed E-state index contributed by atoms with van der Waals surface area (Å²) in [4.78, 5) is 37.6. The van der Waals surface area contributed by atoms with E-state index in [-0.39, 0.29) is 22.7 Å². The minimum absolute atomic E-state index is 0.00411. The summed E-state index contributed by atoms with van der Waals surface area (Å²) < 4.78 is 1.84. The number of oxime groups is 1. The van der Waals surface area contributed by atoms with Gasteiger partial charge in [0.15, 0.2) is 5.56 Å². The van der Waals surface area contributed by atoms with Crippen LogP contribution in [0.5, 0.6) is 0 Å². The van der Waals surface area contributed by atoms with Crippen LogP contribution in [-0.4, -0.2) is 45.0 Å². The standard InChI is InChI=1S/C28H32BrClN4O4/c1-28(2,3)38-32-22(16-9-7-6-8-10-16)17-11-13-18(14-12-17)33(4)24-21(27(36)37)26(35)34(5)20-15-19(29)25(30)31-23(20)24/h6-10,15,17-18H,11-14H2,1-5H3,(H,36,37)/b32-22+/t17-,18+. The van der Waals surface area contributed by atoms with Crippen molar-refractivity contribution in [3.05, 3.63) is 67.5 Å². The third kappa shape index (κ3) is 5.73. The molecule has 0 spiro atoms. The number of hydrogen-bond donors (Lipinski definition) is 1. The van der Waals surface area contributed by atoms with Gasteiger partial charge in [0.1, 0.15) is 16.3 Å². The van der Waals surface area contributed by atoms with Crippen molar-refractivity contribution in [2.45, 2.75) is 58.1 Å². The van der Waals surface area contributed by atoms with Gasteiger partial charge in [-0.15, -0.1) is 0 Å². The van der Waals surface area contributed by atoms with Crippen LogP contribution in [0.15, 0.2) is 50.8 Å². The summed E-state index contributed by atoms with van der Waals surface area (Å²) in [5.41, 5.74) is 1.83. The highest BCUT2D eigenvalue weighted by Gasteiger charge is 2.33. The van der Waals surface area contributed by atoms with Crippen LogP contribution in [0.3, 0.4) is 0 Å². The first-order valence-corrected chi connectivity index (χ1v) is 13.7. The summed E-state index contributed by atoms with van der Waals surface area (Å²) in [5.74, 6) is -1.10. The van der Waals surface area contributed by atoms with Crippen molar-refractivity contribution in [2.75, 3.05) is 11.9 Å². The second-order valence-corrected chi connectivity index (χ2v) is 11.9. The lowest BCUT2D eigenvalue weighted by Gasteiger charge is -2.37. The smallest absolute Gasteiger partial charge is 0.343 e. The van der Waals surface area contributed by atoms with Crippen molar-refractivity contribution in [3.8, 4) is 0 Å². The second-order valence-electron chi connectivity index (χ2n) is 10.7. The van der Waals surface area contributed by atoms with Crippen molar-refractivity contribution in [2.24, 2.45) is 18.1 Å². The number of benzene rings is 1. The lowest BCUT2D eigenvalue weighted by Crippen LogP contribution is -2.39. The molecule has 2 aromatic heterocycles. The number of pyridine rings is 2. The van der Waals surface area contributed by atoms with E-state index in [4.69, 9.17) is 16.4 Å². The Bertz CT molecular complexity index is 1440. The Balaban J connectivity index is 1.68. The van der Waals surface area contributed by atoms with Crippen molar-refractivity contribution in [1.29, 1.82) is 0 Å². The number of halogens is 2. The summed E-state index contributed by atoms with van der Waals surface area (Å²) >= 11 is 9.68. The molecule has 202 valence electrons. The van der Waals surface area contributed by atoms with Crippen LogP contribution in [0.25, 0.3) is 11.0 Å². The maximum absolute atomic E-state index is 13.1. The largest absolute Gasteiger partial charge is 0.477 e. The Morgan fingerprint density at radius 1 is 1.21 bits per heavy atom. The quantitative estimate of drug-likeness (QED) is 0.203. The number of carboxylic acids is 1. The maximum Gasteiger partial charge on any atom is 0.343 e. The fourth-order valence-corrected chi connectivity index (χ4v) is 5.44. The Morgan fingerprint density at radius 3 is 2.42 bits per heavy atom. The summed E-state index contributed by atoms with van der Waals surface area (Å²) in [5, 5.41) is 14.8. The molecule has 1 aromatic carbocycles. The summed E-state index contributed by atoms with van der Waals surface area (Å²) in [6.07, 6.45) is 3.23. The van der Waals surface area contributed by atoms with Crippen LogP contribution in [0.4, 0.5) is 5.69 Å².